The van der Waals surface area contributed by atoms with Gasteiger partial charge in [-0.25, -0.2) is 0 Å². The fraction of sp³-hybridized carbons (Fsp3) is 0. The van der Waals surface area contributed by atoms with Crippen LogP contribution in [-0.4, -0.2) is 8.97 Å². The zero-order valence-corrected chi connectivity index (χ0v) is 31.3. The first kappa shape index (κ1) is 31.4. The Balaban J connectivity index is 1.01. The molecule has 0 amide bonds. The molecule has 4 heterocycles. The van der Waals surface area contributed by atoms with E-state index in [1.165, 1.54) is 71.0 Å². The Morgan fingerprint density at radius 3 is 1.64 bits per heavy atom. The molecule has 0 unspecified atom stereocenters. The van der Waals surface area contributed by atoms with Gasteiger partial charge in [-0.15, -0.1) is 0 Å². The minimum absolute atomic E-state index is 0.879. The van der Waals surface area contributed by atoms with Gasteiger partial charge in [0.1, 0.15) is 11.2 Å². The van der Waals surface area contributed by atoms with E-state index in [4.69, 9.17) is 4.42 Å². The molecule has 0 radical (unpaired) electrons. The summed E-state index contributed by atoms with van der Waals surface area (Å²) in [5.41, 5.74) is 14.6. The predicted molar refractivity (Wildman–Crippen MR) is 243 cm³/mol. The summed E-state index contributed by atoms with van der Waals surface area (Å²) in [6, 6.07) is 72.5. The summed E-state index contributed by atoms with van der Waals surface area (Å²) in [4.78, 5) is 2.37. The van der Waals surface area contributed by atoms with Crippen molar-refractivity contribution in [1.82, 2.24) is 8.97 Å². The van der Waals surface area contributed by atoms with E-state index in [-0.39, 0.29) is 0 Å². The van der Waals surface area contributed by atoms with Crippen molar-refractivity contribution in [3.63, 3.8) is 0 Å². The molecule has 4 heteroatoms. The van der Waals surface area contributed by atoms with E-state index in [2.05, 4.69) is 202 Å². The van der Waals surface area contributed by atoms with Gasteiger partial charge in [0.25, 0.3) is 0 Å². The lowest BCUT2D eigenvalue weighted by Gasteiger charge is -2.26. The van der Waals surface area contributed by atoms with Gasteiger partial charge in [0.05, 0.1) is 27.6 Å². The van der Waals surface area contributed by atoms with Crippen LogP contribution in [0.2, 0.25) is 0 Å². The number of rotatable bonds is 5. The molecule has 58 heavy (non-hydrogen) atoms. The third-order valence-electron chi connectivity index (χ3n) is 12.2. The van der Waals surface area contributed by atoms with Crippen LogP contribution in [0.4, 0.5) is 17.1 Å². The third kappa shape index (κ3) is 4.34. The number of hydrogen-bond donors (Lipinski definition) is 0. The van der Waals surface area contributed by atoms with E-state index >= 15 is 0 Å². The molecule has 0 aliphatic heterocycles. The number of hydrogen-bond acceptors (Lipinski definition) is 2. The molecule has 0 aliphatic carbocycles. The summed E-state index contributed by atoms with van der Waals surface area (Å²) < 4.78 is 11.2. The van der Waals surface area contributed by atoms with Crippen LogP contribution in [0, 0.1) is 0 Å². The van der Waals surface area contributed by atoms with Crippen molar-refractivity contribution in [2.24, 2.45) is 0 Å². The molecule has 4 nitrogen and oxygen atoms in total. The van der Waals surface area contributed by atoms with Crippen molar-refractivity contribution < 1.29 is 4.42 Å². The van der Waals surface area contributed by atoms with Crippen LogP contribution in [-0.2, 0) is 0 Å². The Morgan fingerprint density at radius 1 is 0.345 bits per heavy atom. The molecule has 4 aromatic heterocycles. The average molecular weight is 740 g/mol. The van der Waals surface area contributed by atoms with Gasteiger partial charge in [-0.1, -0.05) is 127 Å². The number of anilines is 3. The van der Waals surface area contributed by atoms with Crippen molar-refractivity contribution in [3.05, 3.63) is 200 Å². The molecule has 0 N–H and O–H groups in total. The maximum absolute atomic E-state index is 6.29. The van der Waals surface area contributed by atoms with Crippen LogP contribution in [0.15, 0.2) is 205 Å². The van der Waals surface area contributed by atoms with Gasteiger partial charge in [-0.3, -0.25) is 0 Å². The fourth-order valence-corrected chi connectivity index (χ4v) is 9.77. The van der Waals surface area contributed by atoms with Gasteiger partial charge in [-0.05, 0) is 78.4 Å². The lowest BCUT2D eigenvalue weighted by atomic mass is 10.0. The highest BCUT2D eigenvalue weighted by Crippen LogP contribution is 2.44. The molecule has 9 aromatic carbocycles. The minimum atomic E-state index is 0.879. The van der Waals surface area contributed by atoms with E-state index in [9.17, 15) is 0 Å². The van der Waals surface area contributed by atoms with Crippen LogP contribution in [0.25, 0.3) is 98.7 Å². The van der Waals surface area contributed by atoms with Crippen LogP contribution in [0.5, 0.6) is 0 Å². The molecule has 270 valence electrons. The Labute approximate surface area is 333 Å². The molecule has 0 bridgehead atoms. The summed E-state index contributed by atoms with van der Waals surface area (Å²) in [7, 11) is 0. The second kappa shape index (κ2) is 11.8. The highest BCUT2D eigenvalue weighted by Gasteiger charge is 2.21. The fourth-order valence-electron chi connectivity index (χ4n) is 9.77. The number of aromatic nitrogens is 2. The van der Waals surface area contributed by atoms with E-state index in [0.29, 0.717) is 0 Å². The maximum Gasteiger partial charge on any atom is 0.135 e. The number of para-hydroxylation sites is 6. The first-order chi connectivity index (χ1) is 28.8. The largest absolute Gasteiger partial charge is 0.456 e. The van der Waals surface area contributed by atoms with Crippen molar-refractivity contribution in [2.45, 2.75) is 0 Å². The molecule has 0 saturated heterocycles. The molecule has 0 spiro atoms. The molecule has 0 saturated carbocycles. The Kier molecular flexibility index (Phi) is 6.41. The molecular weight excluding hydrogens is 707 g/mol. The molecule has 0 aliphatic rings. The number of benzene rings is 9. The second-order valence-electron chi connectivity index (χ2n) is 15.3. The van der Waals surface area contributed by atoms with Gasteiger partial charge >= 0.3 is 0 Å². The Hall–Kier alpha value is -7.82. The van der Waals surface area contributed by atoms with Crippen molar-refractivity contribution in [3.8, 4) is 16.8 Å². The monoisotopic (exact) mass is 739 g/mol. The summed E-state index contributed by atoms with van der Waals surface area (Å²) in [6.45, 7) is 0. The minimum Gasteiger partial charge on any atom is -0.456 e. The summed E-state index contributed by atoms with van der Waals surface area (Å²) >= 11 is 0. The third-order valence-corrected chi connectivity index (χ3v) is 12.2. The highest BCUT2D eigenvalue weighted by atomic mass is 16.3. The van der Waals surface area contributed by atoms with Gasteiger partial charge < -0.3 is 18.3 Å². The van der Waals surface area contributed by atoms with Gasteiger partial charge in [0.15, 0.2) is 0 Å². The zero-order chi connectivity index (χ0) is 37.9. The van der Waals surface area contributed by atoms with E-state index in [0.717, 1.165) is 44.7 Å². The van der Waals surface area contributed by atoms with Crippen LogP contribution in [0.3, 0.4) is 0 Å². The highest BCUT2D eigenvalue weighted by molar-refractivity contribution is 6.25. The van der Waals surface area contributed by atoms with Gasteiger partial charge in [-0.2, -0.15) is 0 Å². The van der Waals surface area contributed by atoms with E-state index in [1.54, 1.807) is 0 Å². The number of nitrogens with zero attached hydrogens (tertiary/aromatic N) is 3. The SMILES string of the molecule is c1cc(N(c2ccc(-c3cccc4c5cccc6c7ccccc7n(c34)c65)cc2)c2ccc3oc4ccccc4c3c2)cc(-n2c3ccccc3c3ccccc32)c1. The number of fused-ring (bicyclic) bond motifs is 12. The summed E-state index contributed by atoms with van der Waals surface area (Å²) in [5, 5.41) is 9.85. The van der Waals surface area contributed by atoms with Gasteiger partial charge in [0.2, 0.25) is 0 Å². The summed E-state index contributed by atoms with van der Waals surface area (Å²) in [6.07, 6.45) is 0. The maximum atomic E-state index is 6.29. The molecule has 13 rings (SSSR count). The zero-order valence-electron chi connectivity index (χ0n) is 31.3. The lowest BCUT2D eigenvalue weighted by Crippen LogP contribution is -2.10. The van der Waals surface area contributed by atoms with E-state index in [1.807, 2.05) is 12.1 Å². The first-order valence-electron chi connectivity index (χ1n) is 19.8. The topological polar surface area (TPSA) is 25.7 Å². The smallest absolute Gasteiger partial charge is 0.135 e. The molecule has 0 fully saturated rings. The predicted octanol–water partition coefficient (Wildman–Crippen LogP) is 15.0. The average Bonchev–Trinajstić information content (AvgIpc) is 4.03. The van der Waals surface area contributed by atoms with Crippen molar-refractivity contribution in [2.75, 3.05) is 4.90 Å². The molecule has 0 atom stereocenters. The molecular formula is C54H33N3O. The lowest BCUT2D eigenvalue weighted by molar-refractivity contribution is 0.669. The quantitative estimate of drug-likeness (QED) is 0.176. The standard InChI is InChI=1S/C54H33N3O/c1-5-22-48-40(14-1)41-15-2-6-23-49(41)56(48)37-13-9-12-36(32-37)55(38-30-31-52-47(33-38)43-17-4-8-25-51(43)58-52)35-28-26-34(27-29-35)39-18-10-20-45-46-21-11-19-44-42-16-3-7-24-50(42)57(53(39)45)54(44)46/h1-33H. The number of furan rings is 1. The first-order valence-corrected chi connectivity index (χ1v) is 19.8. The van der Waals surface area contributed by atoms with Crippen molar-refractivity contribution >= 4 is 98.9 Å². The second-order valence-corrected chi connectivity index (χ2v) is 15.3. The van der Waals surface area contributed by atoms with Crippen LogP contribution >= 0.6 is 0 Å². The Morgan fingerprint density at radius 2 is 0.879 bits per heavy atom. The van der Waals surface area contributed by atoms with Gasteiger partial charge in [0, 0.05) is 71.4 Å². The summed E-state index contributed by atoms with van der Waals surface area (Å²) in [5.74, 6) is 0. The van der Waals surface area contributed by atoms with Crippen LogP contribution in [0.1, 0.15) is 0 Å². The normalized spacial score (nSPS) is 12.1. The van der Waals surface area contributed by atoms with E-state index < -0.39 is 0 Å². The van der Waals surface area contributed by atoms with Crippen molar-refractivity contribution in [1.29, 1.82) is 0 Å². The molecule has 13 aromatic rings. The Bertz CT molecular complexity index is 3700. The van der Waals surface area contributed by atoms with Crippen LogP contribution < -0.4 is 4.90 Å².